The lowest BCUT2D eigenvalue weighted by molar-refractivity contribution is -0.109. The van der Waals surface area contributed by atoms with E-state index in [1.165, 1.54) is 30.0 Å². The summed E-state index contributed by atoms with van der Waals surface area (Å²) in [5, 5.41) is 10.5. The Kier molecular flexibility index (Phi) is 4.58. The van der Waals surface area contributed by atoms with Crippen molar-refractivity contribution in [1.82, 2.24) is 0 Å². The molecule has 3 nitrogen and oxygen atoms in total. The maximum atomic E-state index is 10.6. The number of rotatable bonds is 4. The van der Waals surface area contributed by atoms with E-state index in [1.807, 2.05) is 12.2 Å². The zero-order chi connectivity index (χ0) is 11.3. The Morgan fingerprint density at radius 1 is 1.60 bits per heavy atom. The standard InChI is InChI=1S/C10H10O3S2/c1-7(11)14-4-2-3-8-5-9(10(12)13)15-6-8/h2-3,5-6H,4H2,1H3,(H,12,13). The molecule has 0 atom stereocenters. The van der Waals surface area contributed by atoms with Crippen molar-refractivity contribution in [3.63, 3.8) is 0 Å². The Morgan fingerprint density at radius 3 is 2.87 bits per heavy atom. The van der Waals surface area contributed by atoms with Gasteiger partial charge in [-0.25, -0.2) is 4.79 Å². The Balaban J connectivity index is 2.50. The first-order valence-corrected chi connectivity index (χ1v) is 6.08. The largest absolute Gasteiger partial charge is 0.477 e. The molecule has 0 aliphatic carbocycles. The first-order valence-electron chi connectivity index (χ1n) is 4.21. The van der Waals surface area contributed by atoms with Crippen LogP contribution in [0.5, 0.6) is 0 Å². The molecule has 1 heterocycles. The quantitative estimate of drug-likeness (QED) is 0.882. The van der Waals surface area contributed by atoms with E-state index in [9.17, 15) is 9.59 Å². The van der Waals surface area contributed by atoms with Crippen molar-refractivity contribution in [1.29, 1.82) is 0 Å². The molecule has 15 heavy (non-hydrogen) atoms. The van der Waals surface area contributed by atoms with Gasteiger partial charge in [0.05, 0.1) is 0 Å². The van der Waals surface area contributed by atoms with Gasteiger partial charge in [0.25, 0.3) is 0 Å². The maximum Gasteiger partial charge on any atom is 0.345 e. The van der Waals surface area contributed by atoms with Gasteiger partial charge in [-0.15, -0.1) is 11.3 Å². The fourth-order valence-electron chi connectivity index (χ4n) is 0.900. The smallest absolute Gasteiger partial charge is 0.345 e. The van der Waals surface area contributed by atoms with E-state index >= 15 is 0 Å². The van der Waals surface area contributed by atoms with Crippen molar-refractivity contribution in [3.8, 4) is 0 Å². The minimum Gasteiger partial charge on any atom is -0.477 e. The van der Waals surface area contributed by atoms with E-state index in [4.69, 9.17) is 5.11 Å². The fraction of sp³-hybridized carbons (Fsp3) is 0.200. The molecule has 0 aliphatic heterocycles. The molecule has 1 aromatic rings. The molecule has 1 rings (SSSR count). The van der Waals surface area contributed by atoms with Gasteiger partial charge >= 0.3 is 5.97 Å². The van der Waals surface area contributed by atoms with Crippen LogP contribution < -0.4 is 0 Å². The number of aromatic carboxylic acids is 1. The highest BCUT2D eigenvalue weighted by molar-refractivity contribution is 8.13. The number of thiophene rings is 1. The Labute approximate surface area is 95.8 Å². The van der Waals surface area contributed by atoms with Gasteiger partial charge < -0.3 is 5.11 Å². The van der Waals surface area contributed by atoms with Crippen molar-refractivity contribution in [2.45, 2.75) is 6.92 Å². The minimum atomic E-state index is -0.905. The summed E-state index contributed by atoms with van der Waals surface area (Å²) >= 11 is 2.42. The lowest BCUT2D eigenvalue weighted by atomic mass is 10.3. The summed E-state index contributed by atoms with van der Waals surface area (Å²) in [6, 6.07) is 1.61. The number of carbonyl (C=O) groups excluding carboxylic acids is 1. The molecule has 0 unspecified atom stereocenters. The molecule has 0 radical (unpaired) electrons. The molecular weight excluding hydrogens is 232 g/mol. The molecule has 1 N–H and O–H groups in total. The van der Waals surface area contributed by atoms with Crippen LogP contribution in [0, 0.1) is 0 Å². The second kappa shape index (κ2) is 5.72. The Morgan fingerprint density at radius 2 is 2.33 bits per heavy atom. The maximum absolute atomic E-state index is 10.6. The molecule has 0 saturated carbocycles. The van der Waals surface area contributed by atoms with E-state index in [0.717, 1.165) is 5.56 Å². The number of carboxylic acid groups (broad SMARTS) is 1. The van der Waals surface area contributed by atoms with Gasteiger partial charge in [-0.05, 0) is 17.0 Å². The molecule has 0 spiro atoms. The average molecular weight is 242 g/mol. The van der Waals surface area contributed by atoms with Crippen LogP contribution in [-0.4, -0.2) is 21.9 Å². The van der Waals surface area contributed by atoms with Crippen LogP contribution in [0.1, 0.15) is 22.2 Å². The van der Waals surface area contributed by atoms with Gasteiger partial charge in [0.15, 0.2) is 5.12 Å². The van der Waals surface area contributed by atoms with Crippen molar-refractivity contribution in [2.24, 2.45) is 0 Å². The first-order chi connectivity index (χ1) is 7.09. The summed E-state index contributed by atoms with van der Waals surface area (Å²) in [6.45, 7) is 1.52. The third-order valence-electron chi connectivity index (χ3n) is 1.52. The lowest BCUT2D eigenvalue weighted by Gasteiger charge is -1.87. The SMILES string of the molecule is CC(=O)SCC=Cc1csc(C(=O)O)c1. The average Bonchev–Trinajstić information content (AvgIpc) is 2.60. The van der Waals surface area contributed by atoms with E-state index in [-0.39, 0.29) is 5.12 Å². The Bertz CT molecular complexity index is 393. The summed E-state index contributed by atoms with van der Waals surface area (Å²) in [5.74, 6) is -0.286. The summed E-state index contributed by atoms with van der Waals surface area (Å²) in [7, 11) is 0. The summed E-state index contributed by atoms with van der Waals surface area (Å²) < 4.78 is 0. The molecule has 0 fully saturated rings. The first kappa shape index (κ1) is 12.0. The molecule has 0 aliphatic rings. The number of thioether (sulfide) groups is 1. The van der Waals surface area contributed by atoms with Crippen molar-refractivity contribution < 1.29 is 14.7 Å². The van der Waals surface area contributed by atoms with Gasteiger partial charge in [-0.1, -0.05) is 23.9 Å². The van der Waals surface area contributed by atoms with Gasteiger partial charge in [0, 0.05) is 12.7 Å². The van der Waals surface area contributed by atoms with Crippen LogP contribution in [-0.2, 0) is 4.79 Å². The minimum absolute atomic E-state index is 0.0798. The summed E-state index contributed by atoms with van der Waals surface area (Å²) in [4.78, 5) is 21.5. The molecule has 0 aromatic carbocycles. The highest BCUT2D eigenvalue weighted by atomic mass is 32.2. The molecule has 0 bridgehead atoms. The fourth-order valence-corrected chi connectivity index (χ4v) is 2.04. The zero-order valence-electron chi connectivity index (χ0n) is 8.10. The number of carbonyl (C=O) groups is 2. The zero-order valence-corrected chi connectivity index (χ0v) is 9.73. The van der Waals surface area contributed by atoms with Gasteiger partial charge in [-0.3, -0.25) is 4.79 Å². The molecule has 0 saturated heterocycles. The van der Waals surface area contributed by atoms with E-state index in [1.54, 1.807) is 11.4 Å². The lowest BCUT2D eigenvalue weighted by Crippen LogP contribution is -1.89. The van der Waals surface area contributed by atoms with Crippen LogP contribution in [0.4, 0.5) is 0 Å². The number of hydrogen-bond acceptors (Lipinski definition) is 4. The molecular formula is C10H10O3S2. The normalized spacial score (nSPS) is 10.7. The highest BCUT2D eigenvalue weighted by Gasteiger charge is 2.04. The third kappa shape index (κ3) is 4.31. The van der Waals surface area contributed by atoms with Crippen LogP contribution >= 0.6 is 23.1 Å². The van der Waals surface area contributed by atoms with Gasteiger partial charge in [0.1, 0.15) is 4.88 Å². The number of hydrogen-bond donors (Lipinski definition) is 1. The number of carboxylic acids is 1. The van der Waals surface area contributed by atoms with Crippen molar-refractivity contribution >= 4 is 40.3 Å². The van der Waals surface area contributed by atoms with Gasteiger partial charge in [0.2, 0.25) is 0 Å². The topological polar surface area (TPSA) is 54.4 Å². The predicted molar refractivity (Wildman–Crippen MR) is 63.5 cm³/mol. The second-order valence-corrected chi connectivity index (χ2v) is 4.86. The second-order valence-electron chi connectivity index (χ2n) is 2.75. The van der Waals surface area contributed by atoms with Crippen molar-refractivity contribution in [2.75, 3.05) is 5.75 Å². The van der Waals surface area contributed by atoms with Gasteiger partial charge in [-0.2, -0.15) is 0 Å². The predicted octanol–water partition coefficient (Wildman–Crippen LogP) is 2.74. The summed E-state index contributed by atoms with van der Waals surface area (Å²) in [5.41, 5.74) is 0.863. The molecule has 5 heteroatoms. The molecule has 1 aromatic heterocycles. The van der Waals surface area contributed by atoms with Crippen molar-refractivity contribution in [3.05, 3.63) is 28.0 Å². The van der Waals surface area contributed by atoms with Crippen LogP contribution in [0.3, 0.4) is 0 Å². The van der Waals surface area contributed by atoms with E-state index in [2.05, 4.69) is 0 Å². The highest BCUT2D eigenvalue weighted by Crippen LogP contribution is 2.16. The van der Waals surface area contributed by atoms with Crippen LogP contribution in [0.15, 0.2) is 17.5 Å². The molecule has 0 amide bonds. The Hall–Kier alpha value is -1.07. The third-order valence-corrected chi connectivity index (χ3v) is 3.23. The molecule has 80 valence electrons. The van der Waals surface area contributed by atoms with E-state index < -0.39 is 5.97 Å². The monoisotopic (exact) mass is 242 g/mol. The summed E-state index contributed by atoms with van der Waals surface area (Å²) in [6.07, 6.45) is 3.67. The van der Waals surface area contributed by atoms with Crippen LogP contribution in [0.2, 0.25) is 0 Å². The van der Waals surface area contributed by atoms with E-state index in [0.29, 0.717) is 10.6 Å². The van der Waals surface area contributed by atoms with Crippen LogP contribution in [0.25, 0.3) is 6.08 Å².